The van der Waals surface area contributed by atoms with Crippen molar-refractivity contribution in [2.45, 2.75) is 19.3 Å². The van der Waals surface area contributed by atoms with E-state index >= 15 is 0 Å². The summed E-state index contributed by atoms with van der Waals surface area (Å²) < 4.78 is 2.44. The van der Waals surface area contributed by atoms with Crippen LogP contribution in [0.25, 0.3) is 94.1 Å². The van der Waals surface area contributed by atoms with Gasteiger partial charge in [-0.1, -0.05) is 147 Å². The van der Waals surface area contributed by atoms with Crippen LogP contribution in [-0.2, 0) is 5.41 Å². The van der Waals surface area contributed by atoms with Crippen molar-refractivity contribution in [1.82, 2.24) is 14.5 Å². The van der Waals surface area contributed by atoms with Gasteiger partial charge < -0.3 is 4.57 Å². The molecule has 0 fully saturated rings. The predicted octanol–water partition coefficient (Wildman–Crippen LogP) is 13.2. The van der Waals surface area contributed by atoms with Gasteiger partial charge in [-0.2, -0.15) is 0 Å². The molecule has 0 unspecified atom stereocenters. The van der Waals surface area contributed by atoms with Crippen molar-refractivity contribution in [2.24, 2.45) is 0 Å². The van der Waals surface area contributed by atoms with Crippen molar-refractivity contribution < 1.29 is 0 Å². The van der Waals surface area contributed by atoms with Crippen LogP contribution in [0.3, 0.4) is 0 Å². The first-order valence-corrected chi connectivity index (χ1v) is 18.7. The van der Waals surface area contributed by atoms with E-state index in [-0.39, 0.29) is 5.41 Å². The van der Waals surface area contributed by atoms with Crippen LogP contribution in [0.2, 0.25) is 0 Å². The number of nitrogens with zero attached hydrogens (tertiary/aromatic N) is 3. The summed E-state index contributed by atoms with van der Waals surface area (Å²) in [4.78, 5) is 10.7. The Kier molecular flexibility index (Phi) is 6.60. The van der Waals surface area contributed by atoms with Gasteiger partial charge in [0.15, 0.2) is 5.82 Å². The standard InChI is InChI=1S/C51H35N3/c1-51(2)43-22-12-10-20-39(43)40-25-24-36(28-44(40)51)46-31-45(32-14-4-3-5-15-32)52-50(53-46)37-26-35-18-8-9-19-38(35)48(30-37)54-47-23-13-11-21-41(47)42-27-33-16-6-7-17-34(33)29-49(42)54/h3-31H,1-2H3. The van der Waals surface area contributed by atoms with Crippen LogP contribution in [0.15, 0.2) is 176 Å². The molecule has 10 aromatic rings. The van der Waals surface area contributed by atoms with Gasteiger partial charge >= 0.3 is 0 Å². The maximum Gasteiger partial charge on any atom is 0.160 e. The molecule has 0 spiro atoms. The molecule has 3 nitrogen and oxygen atoms in total. The predicted molar refractivity (Wildman–Crippen MR) is 225 cm³/mol. The molecule has 1 aliphatic carbocycles. The smallest absolute Gasteiger partial charge is 0.160 e. The van der Waals surface area contributed by atoms with E-state index in [1.54, 1.807) is 0 Å². The van der Waals surface area contributed by atoms with Crippen LogP contribution in [0, 0.1) is 0 Å². The number of rotatable bonds is 4. The Labute approximate surface area is 313 Å². The molecular formula is C51H35N3. The Hall–Kier alpha value is -6.84. The average Bonchev–Trinajstić information content (AvgIpc) is 3.67. The van der Waals surface area contributed by atoms with E-state index in [9.17, 15) is 0 Å². The summed E-state index contributed by atoms with van der Waals surface area (Å²) in [6.45, 7) is 4.66. The fourth-order valence-corrected chi connectivity index (χ4v) is 8.86. The van der Waals surface area contributed by atoms with Crippen molar-refractivity contribution in [3.05, 3.63) is 187 Å². The first-order chi connectivity index (χ1) is 26.5. The van der Waals surface area contributed by atoms with E-state index in [4.69, 9.17) is 9.97 Å². The van der Waals surface area contributed by atoms with Crippen molar-refractivity contribution in [2.75, 3.05) is 0 Å². The molecule has 2 heterocycles. The third kappa shape index (κ3) is 4.61. The minimum atomic E-state index is -0.110. The molecule has 0 amide bonds. The van der Waals surface area contributed by atoms with Crippen molar-refractivity contribution in [1.29, 1.82) is 0 Å². The number of hydrogen-bond acceptors (Lipinski definition) is 2. The van der Waals surface area contributed by atoms with Gasteiger partial charge in [0, 0.05) is 38.3 Å². The minimum absolute atomic E-state index is 0.110. The summed E-state index contributed by atoms with van der Waals surface area (Å²) >= 11 is 0. The molecule has 0 radical (unpaired) electrons. The lowest BCUT2D eigenvalue weighted by atomic mass is 9.82. The number of para-hydroxylation sites is 1. The van der Waals surface area contributed by atoms with Gasteiger partial charge in [0.2, 0.25) is 0 Å². The molecule has 0 atom stereocenters. The molecule has 1 aliphatic rings. The van der Waals surface area contributed by atoms with Crippen LogP contribution in [0.4, 0.5) is 0 Å². The zero-order chi connectivity index (χ0) is 36.0. The molecule has 8 aromatic carbocycles. The maximum absolute atomic E-state index is 5.40. The average molecular weight is 690 g/mol. The highest BCUT2D eigenvalue weighted by atomic mass is 15.0. The maximum atomic E-state index is 5.40. The van der Waals surface area contributed by atoms with Gasteiger partial charge in [-0.3, -0.25) is 0 Å². The van der Waals surface area contributed by atoms with Crippen LogP contribution in [0.1, 0.15) is 25.0 Å². The molecule has 0 N–H and O–H groups in total. The van der Waals surface area contributed by atoms with Gasteiger partial charge in [0.1, 0.15) is 0 Å². The molecule has 0 aliphatic heterocycles. The van der Waals surface area contributed by atoms with E-state index in [1.165, 1.54) is 60.2 Å². The zero-order valence-corrected chi connectivity index (χ0v) is 30.1. The highest BCUT2D eigenvalue weighted by molar-refractivity contribution is 6.14. The van der Waals surface area contributed by atoms with Crippen LogP contribution < -0.4 is 0 Å². The van der Waals surface area contributed by atoms with Crippen LogP contribution in [0.5, 0.6) is 0 Å². The molecular weight excluding hydrogens is 655 g/mol. The van der Waals surface area contributed by atoms with Crippen molar-refractivity contribution in [3.63, 3.8) is 0 Å². The normalized spacial score (nSPS) is 13.1. The monoisotopic (exact) mass is 689 g/mol. The Morgan fingerprint density at radius 3 is 1.89 bits per heavy atom. The third-order valence-corrected chi connectivity index (χ3v) is 11.6. The van der Waals surface area contributed by atoms with E-state index < -0.39 is 0 Å². The van der Waals surface area contributed by atoms with Gasteiger partial charge in [0.05, 0.1) is 28.1 Å². The highest BCUT2D eigenvalue weighted by Gasteiger charge is 2.35. The second-order valence-electron chi connectivity index (χ2n) is 15.0. The molecule has 254 valence electrons. The lowest BCUT2D eigenvalue weighted by Crippen LogP contribution is -2.14. The molecule has 54 heavy (non-hydrogen) atoms. The van der Waals surface area contributed by atoms with Gasteiger partial charge in [-0.15, -0.1) is 0 Å². The first kappa shape index (κ1) is 30.8. The summed E-state index contributed by atoms with van der Waals surface area (Å²) in [7, 11) is 0. The quantitative estimate of drug-likeness (QED) is 0.184. The van der Waals surface area contributed by atoms with Crippen LogP contribution in [-0.4, -0.2) is 14.5 Å². The number of hydrogen-bond donors (Lipinski definition) is 0. The summed E-state index contributed by atoms with van der Waals surface area (Å²) in [5.41, 5.74) is 13.6. The van der Waals surface area contributed by atoms with E-state index in [2.05, 4.69) is 194 Å². The SMILES string of the molecule is CC1(C)c2ccccc2-c2ccc(-c3cc(-c4ccccc4)nc(-c4cc(-n5c6ccccc6c6cc7ccccc7cc65)c5ccccc5c4)n3)cc21. The van der Waals surface area contributed by atoms with E-state index in [0.717, 1.165) is 39.2 Å². The van der Waals surface area contributed by atoms with Crippen molar-refractivity contribution >= 4 is 43.4 Å². The lowest BCUT2D eigenvalue weighted by Gasteiger charge is -2.22. The minimum Gasteiger partial charge on any atom is -0.309 e. The second kappa shape index (κ2) is 11.6. The topological polar surface area (TPSA) is 30.7 Å². The summed E-state index contributed by atoms with van der Waals surface area (Å²) in [6.07, 6.45) is 0. The Morgan fingerprint density at radius 2 is 1.06 bits per heavy atom. The van der Waals surface area contributed by atoms with E-state index in [1.807, 2.05) is 0 Å². The zero-order valence-electron chi connectivity index (χ0n) is 30.1. The molecule has 2 aromatic heterocycles. The van der Waals surface area contributed by atoms with Gasteiger partial charge in [-0.25, -0.2) is 9.97 Å². The number of fused-ring (bicyclic) bond motifs is 8. The largest absolute Gasteiger partial charge is 0.309 e. The summed E-state index contributed by atoms with van der Waals surface area (Å²) in [5.74, 6) is 0.701. The van der Waals surface area contributed by atoms with E-state index in [0.29, 0.717) is 5.82 Å². The third-order valence-electron chi connectivity index (χ3n) is 11.6. The molecule has 0 saturated carbocycles. The highest BCUT2D eigenvalue weighted by Crippen LogP contribution is 2.49. The molecule has 0 saturated heterocycles. The van der Waals surface area contributed by atoms with Gasteiger partial charge in [-0.05, 0) is 80.9 Å². The Bertz CT molecular complexity index is 3130. The molecule has 3 heteroatoms. The van der Waals surface area contributed by atoms with Crippen LogP contribution >= 0.6 is 0 Å². The number of benzene rings is 8. The second-order valence-corrected chi connectivity index (χ2v) is 15.0. The first-order valence-electron chi connectivity index (χ1n) is 18.7. The van der Waals surface area contributed by atoms with Gasteiger partial charge in [0.25, 0.3) is 0 Å². The summed E-state index contributed by atoms with van der Waals surface area (Å²) in [5, 5.41) is 7.26. The summed E-state index contributed by atoms with van der Waals surface area (Å²) in [6, 6.07) is 63.6. The fraction of sp³-hybridized carbons (Fsp3) is 0.0588. The van der Waals surface area contributed by atoms with Crippen molar-refractivity contribution in [3.8, 4) is 50.7 Å². The Balaban J connectivity index is 1.16. The molecule has 11 rings (SSSR count). The Morgan fingerprint density at radius 1 is 0.407 bits per heavy atom. The molecule has 0 bridgehead atoms. The lowest BCUT2D eigenvalue weighted by molar-refractivity contribution is 0.660. The fourth-order valence-electron chi connectivity index (χ4n) is 8.86. The number of aromatic nitrogens is 3.